The van der Waals surface area contributed by atoms with Crippen molar-refractivity contribution in [3.63, 3.8) is 0 Å². The second kappa shape index (κ2) is 5.94. The van der Waals surface area contributed by atoms with E-state index in [2.05, 4.69) is 16.5 Å². The Kier molecular flexibility index (Phi) is 4.57. The molecule has 0 amide bonds. The lowest BCUT2D eigenvalue weighted by molar-refractivity contribution is 0.582. The number of halogens is 2. The van der Waals surface area contributed by atoms with Gasteiger partial charge in [-0.3, -0.25) is 0 Å². The molecule has 0 aliphatic carbocycles. The average molecular weight is 236 g/mol. The van der Waals surface area contributed by atoms with Gasteiger partial charge in [-0.05, 0) is 12.1 Å². The molecule has 2 aromatic heterocycles. The number of hydrogen-bond donors (Lipinski definition) is 1. The van der Waals surface area contributed by atoms with Crippen LogP contribution in [0.25, 0.3) is 17.3 Å². The molecule has 1 N–H and O–H groups in total. The normalized spacial score (nSPS) is 9.41. The molecule has 0 aliphatic heterocycles. The molecule has 0 saturated heterocycles. The summed E-state index contributed by atoms with van der Waals surface area (Å²) in [6.45, 7) is 7.45. The van der Waals surface area contributed by atoms with Crippen LogP contribution in [0.1, 0.15) is 19.4 Å². The number of rotatable bonds is 2. The van der Waals surface area contributed by atoms with Crippen molar-refractivity contribution in [1.82, 2.24) is 9.97 Å². The predicted octanol–water partition coefficient (Wildman–Crippen LogP) is 4.02. The Bertz CT molecular complexity index is 504. The predicted molar refractivity (Wildman–Crippen MR) is 65.4 cm³/mol. The highest BCUT2D eigenvalue weighted by molar-refractivity contribution is 5.64. The zero-order valence-electron chi connectivity index (χ0n) is 9.80. The van der Waals surface area contributed by atoms with E-state index in [1.165, 1.54) is 24.5 Å². The Hall–Kier alpha value is -1.97. The monoisotopic (exact) mass is 236 g/mol. The van der Waals surface area contributed by atoms with Crippen LogP contribution >= 0.6 is 0 Å². The molecule has 4 heteroatoms. The van der Waals surface area contributed by atoms with Crippen molar-refractivity contribution in [3.8, 4) is 11.3 Å². The summed E-state index contributed by atoms with van der Waals surface area (Å²) >= 11 is 0. The minimum atomic E-state index is -0.700. The number of hydrogen-bond acceptors (Lipinski definition) is 1. The van der Waals surface area contributed by atoms with Crippen molar-refractivity contribution >= 4 is 6.08 Å². The van der Waals surface area contributed by atoms with Gasteiger partial charge in [-0.25, -0.2) is 9.37 Å². The van der Waals surface area contributed by atoms with Gasteiger partial charge >= 0.3 is 0 Å². The number of nitrogens with zero attached hydrogens (tertiary/aromatic N) is 1. The maximum Gasteiger partial charge on any atom is 0.222 e. The van der Waals surface area contributed by atoms with Crippen LogP contribution in [-0.2, 0) is 0 Å². The van der Waals surface area contributed by atoms with Gasteiger partial charge in [-0.1, -0.05) is 26.5 Å². The molecule has 0 spiro atoms. The molecule has 2 heterocycles. The largest absolute Gasteiger partial charge is 0.358 e. The van der Waals surface area contributed by atoms with E-state index >= 15 is 0 Å². The lowest BCUT2D eigenvalue weighted by Crippen LogP contribution is -1.89. The molecule has 2 nitrogen and oxygen atoms in total. The molecule has 0 atom stereocenters. The number of aromatic amines is 1. The van der Waals surface area contributed by atoms with Gasteiger partial charge in [0.2, 0.25) is 5.95 Å². The summed E-state index contributed by atoms with van der Waals surface area (Å²) in [5, 5.41) is 0. The second-order valence-corrected chi connectivity index (χ2v) is 2.98. The van der Waals surface area contributed by atoms with E-state index in [1.54, 1.807) is 6.07 Å². The average Bonchev–Trinajstić information content (AvgIpc) is 2.74. The van der Waals surface area contributed by atoms with Crippen LogP contribution in [0.4, 0.5) is 8.78 Å². The van der Waals surface area contributed by atoms with Gasteiger partial charge in [0, 0.05) is 18.0 Å². The molecule has 0 fully saturated rings. The second-order valence-electron chi connectivity index (χ2n) is 2.98. The molecule has 0 radical (unpaired) electrons. The van der Waals surface area contributed by atoms with Gasteiger partial charge in [0.25, 0.3) is 0 Å². The molecule has 0 unspecified atom stereocenters. The fourth-order valence-electron chi connectivity index (χ4n) is 1.34. The molecule has 17 heavy (non-hydrogen) atoms. The number of pyridine rings is 1. The molecule has 2 rings (SSSR count). The lowest BCUT2D eigenvalue weighted by atomic mass is 10.2. The molecular weight excluding hydrogens is 222 g/mol. The van der Waals surface area contributed by atoms with Crippen molar-refractivity contribution in [3.05, 3.63) is 48.4 Å². The summed E-state index contributed by atoms with van der Waals surface area (Å²) in [7, 11) is 0. The maximum atomic E-state index is 13.6. The van der Waals surface area contributed by atoms with E-state index in [0.29, 0.717) is 5.56 Å². The number of aromatic nitrogens is 2. The van der Waals surface area contributed by atoms with Crippen LogP contribution in [-0.4, -0.2) is 9.97 Å². The first-order chi connectivity index (χ1) is 8.24. The first kappa shape index (κ1) is 13.1. The number of nitrogens with one attached hydrogen (secondary N) is 1. The van der Waals surface area contributed by atoms with Crippen LogP contribution in [0.5, 0.6) is 0 Å². The summed E-state index contributed by atoms with van der Waals surface area (Å²) < 4.78 is 26.8. The first-order valence-corrected chi connectivity index (χ1v) is 5.34. The third-order valence-corrected chi connectivity index (χ3v) is 2.09. The summed E-state index contributed by atoms with van der Waals surface area (Å²) in [5.41, 5.74) is 0.520. The van der Waals surface area contributed by atoms with Crippen molar-refractivity contribution in [1.29, 1.82) is 0 Å². The third kappa shape index (κ3) is 2.58. The topological polar surface area (TPSA) is 28.7 Å². The highest BCUT2D eigenvalue weighted by atomic mass is 19.1. The fraction of sp³-hybridized carbons (Fsp3) is 0.154. The standard InChI is InChI=1S/C11H8F2N2.C2H6/c1-2-7-6-15-10(9(7)12)8-4-3-5-14-11(8)13;1-2/h2-6,15H,1H2;1-2H3. The Balaban J connectivity index is 0.000000686. The minimum Gasteiger partial charge on any atom is -0.358 e. The third-order valence-electron chi connectivity index (χ3n) is 2.09. The highest BCUT2D eigenvalue weighted by Crippen LogP contribution is 2.25. The molecular formula is C13H14F2N2. The summed E-state index contributed by atoms with van der Waals surface area (Å²) in [5.74, 6) is -1.22. The maximum absolute atomic E-state index is 13.6. The van der Waals surface area contributed by atoms with E-state index < -0.39 is 11.8 Å². The molecule has 0 saturated carbocycles. The Morgan fingerprint density at radius 3 is 2.59 bits per heavy atom. The van der Waals surface area contributed by atoms with E-state index in [4.69, 9.17) is 0 Å². The Labute approximate surface area is 99.0 Å². The van der Waals surface area contributed by atoms with E-state index in [-0.39, 0.29) is 11.3 Å². The fourth-order valence-corrected chi connectivity index (χ4v) is 1.34. The van der Waals surface area contributed by atoms with Crippen molar-refractivity contribution in [2.75, 3.05) is 0 Å². The quantitative estimate of drug-likeness (QED) is 0.784. The van der Waals surface area contributed by atoms with Crippen LogP contribution in [0.2, 0.25) is 0 Å². The van der Waals surface area contributed by atoms with E-state index in [1.807, 2.05) is 13.8 Å². The van der Waals surface area contributed by atoms with Crippen LogP contribution in [0.3, 0.4) is 0 Å². The van der Waals surface area contributed by atoms with Crippen LogP contribution < -0.4 is 0 Å². The lowest BCUT2D eigenvalue weighted by Gasteiger charge is -1.99. The van der Waals surface area contributed by atoms with Crippen LogP contribution in [0.15, 0.2) is 31.1 Å². The zero-order valence-corrected chi connectivity index (χ0v) is 9.80. The van der Waals surface area contributed by atoms with Crippen molar-refractivity contribution < 1.29 is 8.78 Å². The van der Waals surface area contributed by atoms with Gasteiger partial charge in [-0.2, -0.15) is 4.39 Å². The minimum absolute atomic E-state index is 0.0931. The van der Waals surface area contributed by atoms with E-state index in [0.717, 1.165) is 0 Å². The van der Waals surface area contributed by atoms with Gasteiger partial charge in [0.15, 0.2) is 5.82 Å². The summed E-state index contributed by atoms with van der Waals surface area (Å²) in [4.78, 5) is 6.11. The van der Waals surface area contributed by atoms with Gasteiger partial charge in [0.1, 0.15) is 0 Å². The van der Waals surface area contributed by atoms with Crippen molar-refractivity contribution in [2.45, 2.75) is 13.8 Å². The SMILES string of the molecule is C=Cc1c[nH]c(-c2cccnc2F)c1F.CC. The Morgan fingerprint density at radius 1 is 1.35 bits per heavy atom. The molecule has 0 aliphatic rings. The number of H-pyrrole nitrogens is 1. The van der Waals surface area contributed by atoms with Crippen LogP contribution in [0, 0.1) is 11.8 Å². The Morgan fingerprint density at radius 2 is 2.06 bits per heavy atom. The van der Waals surface area contributed by atoms with Crippen molar-refractivity contribution in [2.24, 2.45) is 0 Å². The molecule has 90 valence electrons. The smallest absolute Gasteiger partial charge is 0.222 e. The first-order valence-electron chi connectivity index (χ1n) is 5.34. The van der Waals surface area contributed by atoms with Gasteiger partial charge in [0.05, 0.1) is 11.3 Å². The summed E-state index contributed by atoms with van der Waals surface area (Å²) in [6.07, 6.45) is 4.11. The highest BCUT2D eigenvalue weighted by Gasteiger charge is 2.14. The summed E-state index contributed by atoms with van der Waals surface area (Å²) in [6, 6.07) is 3.01. The van der Waals surface area contributed by atoms with Gasteiger partial charge in [-0.15, -0.1) is 0 Å². The molecule has 2 aromatic rings. The van der Waals surface area contributed by atoms with Gasteiger partial charge < -0.3 is 4.98 Å². The molecule has 0 bridgehead atoms. The molecule has 0 aromatic carbocycles. The zero-order chi connectivity index (χ0) is 12.8. The van der Waals surface area contributed by atoms with E-state index in [9.17, 15) is 8.78 Å².